The van der Waals surface area contributed by atoms with Crippen LogP contribution < -0.4 is 14.8 Å². The van der Waals surface area contributed by atoms with Crippen molar-refractivity contribution in [2.45, 2.75) is 19.1 Å². The molecule has 0 saturated carbocycles. The zero-order chi connectivity index (χ0) is 16.1. The van der Waals surface area contributed by atoms with Crippen LogP contribution in [0.5, 0.6) is 11.8 Å². The number of methoxy groups -OCH3 is 1. The Kier molecular flexibility index (Phi) is 4.92. The van der Waals surface area contributed by atoms with E-state index in [9.17, 15) is 4.79 Å². The molecule has 1 atom stereocenters. The Balaban J connectivity index is 1.46. The molecular weight excluding hydrogens is 316 g/mol. The van der Waals surface area contributed by atoms with Crippen molar-refractivity contribution in [3.05, 3.63) is 34.5 Å². The van der Waals surface area contributed by atoms with Crippen molar-refractivity contribution in [2.24, 2.45) is 0 Å². The summed E-state index contributed by atoms with van der Waals surface area (Å²) in [6, 6.07) is 7.32. The lowest BCUT2D eigenvalue weighted by Gasteiger charge is -2.17. The van der Waals surface area contributed by atoms with E-state index in [0.29, 0.717) is 31.4 Å². The molecule has 0 bridgehead atoms. The first-order valence-corrected chi connectivity index (χ1v) is 8.22. The summed E-state index contributed by atoms with van der Waals surface area (Å²) in [4.78, 5) is 15.0. The molecular formula is C15H18N4O3S. The van der Waals surface area contributed by atoms with Crippen LogP contribution in [0.1, 0.15) is 11.3 Å². The first-order valence-electron chi connectivity index (χ1n) is 7.34. The summed E-state index contributed by atoms with van der Waals surface area (Å²) in [6.07, 6.45) is 0.713. The van der Waals surface area contributed by atoms with Gasteiger partial charge in [-0.3, -0.25) is 0 Å². The van der Waals surface area contributed by atoms with E-state index in [1.165, 1.54) is 7.11 Å². The molecule has 1 fully saturated rings. The van der Waals surface area contributed by atoms with Crippen LogP contribution >= 0.6 is 11.3 Å². The molecule has 0 aliphatic carbocycles. The highest BCUT2D eigenvalue weighted by atomic mass is 32.1. The molecule has 0 unspecified atom stereocenters. The number of nitrogens with zero attached hydrogens (tertiary/aromatic N) is 3. The summed E-state index contributed by atoms with van der Waals surface area (Å²) in [5.74, 6) is 0.884. The van der Waals surface area contributed by atoms with Crippen LogP contribution in [0.15, 0.2) is 29.6 Å². The maximum atomic E-state index is 12.1. The largest absolute Gasteiger partial charge is 0.480 e. The van der Waals surface area contributed by atoms with Crippen LogP contribution in [0.25, 0.3) is 0 Å². The number of hydrogen-bond acceptors (Lipinski definition) is 6. The summed E-state index contributed by atoms with van der Waals surface area (Å²) in [6.45, 7) is 1.77. The van der Waals surface area contributed by atoms with Crippen molar-refractivity contribution in [3.63, 3.8) is 0 Å². The number of nitrogens with one attached hydrogen (secondary N) is 1. The van der Waals surface area contributed by atoms with Crippen LogP contribution in [0.4, 0.5) is 4.79 Å². The topological polar surface area (TPSA) is 76.6 Å². The number of aromatic nitrogens is 2. The Morgan fingerprint density at radius 3 is 2.91 bits per heavy atom. The molecule has 1 aliphatic rings. The molecule has 3 rings (SSSR count). The van der Waals surface area contributed by atoms with Gasteiger partial charge >= 0.3 is 6.03 Å². The lowest BCUT2D eigenvalue weighted by molar-refractivity contribution is 0.181. The highest BCUT2D eigenvalue weighted by Crippen LogP contribution is 2.17. The van der Waals surface area contributed by atoms with E-state index in [0.717, 1.165) is 11.3 Å². The van der Waals surface area contributed by atoms with E-state index < -0.39 is 0 Å². The second kappa shape index (κ2) is 7.28. The van der Waals surface area contributed by atoms with Crippen LogP contribution in [0, 0.1) is 0 Å². The number of thiophene rings is 1. The molecule has 1 N–H and O–H groups in total. The highest BCUT2D eigenvalue weighted by Gasteiger charge is 2.27. The van der Waals surface area contributed by atoms with Crippen LogP contribution in [-0.4, -0.2) is 47.4 Å². The third-order valence-corrected chi connectivity index (χ3v) is 4.41. The Morgan fingerprint density at radius 2 is 2.22 bits per heavy atom. The summed E-state index contributed by atoms with van der Waals surface area (Å²) in [5, 5.41) is 12.7. The third-order valence-electron chi connectivity index (χ3n) is 3.54. The van der Waals surface area contributed by atoms with Crippen LogP contribution in [-0.2, 0) is 6.54 Å². The van der Waals surface area contributed by atoms with Gasteiger partial charge in [0.1, 0.15) is 6.10 Å². The maximum absolute atomic E-state index is 12.1. The number of hydrogen-bond donors (Lipinski definition) is 1. The Morgan fingerprint density at radius 1 is 1.39 bits per heavy atom. The number of urea groups is 1. The zero-order valence-electron chi connectivity index (χ0n) is 12.8. The predicted molar refractivity (Wildman–Crippen MR) is 85.7 cm³/mol. The van der Waals surface area contributed by atoms with E-state index in [1.807, 2.05) is 17.5 Å². The first kappa shape index (κ1) is 15.5. The molecule has 0 spiro atoms. The normalized spacial score (nSPS) is 17.1. The minimum Gasteiger partial charge on any atom is -0.480 e. The zero-order valence-corrected chi connectivity index (χ0v) is 13.6. The maximum Gasteiger partial charge on any atom is 0.317 e. The fourth-order valence-electron chi connectivity index (χ4n) is 2.35. The number of ether oxygens (including phenoxy) is 2. The molecule has 2 aromatic rings. The quantitative estimate of drug-likeness (QED) is 0.904. The molecule has 1 aliphatic heterocycles. The van der Waals surface area contributed by atoms with Gasteiger partial charge in [-0.05, 0) is 11.4 Å². The summed E-state index contributed by atoms with van der Waals surface area (Å²) < 4.78 is 10.7. The second-order valence-corrected chi connectivity index (χ2v) is 6.16. The average molecular weight is 334 g/mol. The predicted octanol–water partition coefficient (Wildman–Crippen LogP) is 1.91. The summed E-state index contributed by atoms with van der Waals surface area (Å²) in [5.41, 5.74) is 0. The van der Waals surface area contributed by atoms with Gasteiger partial charge in [-0.1, -0.05) is 6.07 Å². The minimum absolute atomic E-state index is 0.0645. The molecule has 0 aromatic carbocycles. The monoisotopic (exact) mass is 334 g/mol. The molecule has 1 saturated heterocycles. The van der Waals surface area contributed by atoms with Gasteiger partial charge in [-0.15, -0.1) is 21.5 Å². The van der Waals surface area contributed by atoms with E-state index in [2.05, 4.69) is 15.5 Å². The van der Waals surface area contributed by atoms with Gasteiger partial charge in [0.05, 0.1) is 20.2 Å². The van der Waals surface area contributed by atoms with Crippen LogP contribution in [0.3, 0.4) is 0 Å². The molecule has 8 heteroatoms. The average Bonchev–Trinajstić information content (AvgIpc) is 3.25. The van der Waals surface area contributed by atoms with E-state index >= 15 is 0 Å². The standard InChI is InChI=1S/C15H18N4O3S/c1-21-13-4-5-14(18-17-13)22-11-6-7-19(10-11)15(20)16-9-12-3-2-8-23-12/h2-5,8,11H,6-7,9-10H2,1H3,(H,16,20)/t11-/m0/s1. The van der Waals surface area contributed by atoms with Gasteiger partial charge < -0.3 is 19.7 Å². The molecule has 7 nitrogen and oxygen atoms in total. The molecule has 23 heavy (non-hydrogen) atoms. The number of likely N-dealkylation sites (tertiary alicyclic amines) is 1. The number of carbonyl (C=O) groups is 1. The summed E-state index contributed by atoms with van der Waals surface area (Å²) in [7, 11) is 1.54. The van der Waals surface area contributed by atoms with Crippen molar-refractivity contribution in [1.82, 2.24) is 20.4 Å². The molecule has 2 aromatic heterocycles. The van der Waals surface area contributed by atoms with Crippen molar-refractivity contribution in [1.29, 1.82) is 0 Å². The van der Waals surface area contributed by atoms with E-state index in [-0.39, 0.29) is 12.1 Å². The van der Waals surface area contributed by atoms with Gasteiger partial charge in [0, 0.05) is 30.0 Å². The molecule has 122 valence electrons. The second-order valence-electron chi connectivity index (χ2n) is 5.13. The highest BCUT2D eigenvalue weighted by molar-refractivity contribution is 7.09. The van der Waals surface area contributed by atoms with Crippen molar-refractivity contribution in [3.8, 4) is 11.8 Å². The van der Waals surface area contributed by atoms with Crippen LogP contribution in [0.2, 0.25) is 0 Å². The Bertz CT molecular complexity index is 633. The number of carbonyl (C=O) groups excluding carboxylic acids is 1. The van der Waals surface area contributed by atoms with E-state index in [4.69, 9.17) is 9.47 Å². The van der Waals surface area contributed by atoms with Gasteiger partial charge in [-0.2, -0.15) is 0 Å². The van der Waals surface area contributed by atoms with Crippen molar-refractivity contribution in [2.75, 3.05) is 20.2 Å². The molecule has 2 amide bonds. The Hall–Kier alpha value is -2.35. The minimum atomic E-state index is -0.0646. The van der Waals surface area contributed by atoms with Gasteiger partial charge in [-0.25, -0.2) is 4.79 Å². The fraction of sp³-hybridized carbons (Fsp3) is 0.400. The van der Waals surface area contributed by atoms with E-state index in [1.54, 1.807) is 28.4 Å². The third kappa shape index (κ3) is 4.10. The fourth-order valence-corrected chi connectivity index (χ4v) is 2.99. The Labute approximate surface area is 138 Å². The lowest BCUT2D eigenvalue weighted by Crippen LogP contribution is -2.38. The molecule has 3 heterocycles. The number of amides is 2. The summed E-state index contributed by atoms with van der Waals surface area (Å²) >= 11 is 1.63. The van der Waals surface area contributed by atoms with Gasteiger partial charge in [0.2, 0.25) is 11.8 Å². The lowest BCUT2D eigenvalue weighted by atomic mass is 10.3. The SMILES string of the molecule is COc1ccc(O[C@H]2CCN(C(=O)NCc3cccs3)C2)nn1. The number of rotatable bonds is 5. The van der Waals surface area contributed by atoms with Gasteiger partial charge in [0.25, 0.3) is 0 Å². The van der Waals surface area contributed by atoms with Gasteiger partial charge in [0.15, 0.2) is 0 Å². The van der Waals surface area contributed by atoms with Crippen molar-refractivity contribution >= 4 is 17.4 Å². The van der Waals surface area contributed by atoms with Crippen molar-refractivity contribution < 1.29 is 14.3 Å². The molecule has 0 radical (unpaired) electrons. The first-order chi connectivity index (χ1) is 11.2. The smallest absolute Gasteiger partial charge is 0.317 e.